The van der Waals surface area contributed by atoms with E-state index < -0.39 is 0 Å². The van der Waals surface area contributed by atoms with Gasteiger partial charge in [0, 0.05) is 19.9 Å². The van der Waals surface area contributed by atoms with E-state index in [1.54, 1.807) is 0 Å². The highest BCUT2D eigenvalue weighted by Crippen LogP contribution is 2.06. The van der Waals surface area contributed by atoms with Crippen LogP contribution in [0.25, 0.3) is 0 Å². The maximum Gasteiger partial charge on any atom is 0.220 e. The van der Waals surface area contributed by atoms with Crippen molar-refractivity contribution in [2.75, 3.05) is 32.7 Å². The van der Waals surface area contributed by atoms with Crippen molar-refractivity contribution in [1.29, 1.82) is 0 Å². The second kappa shape index (κ2) is 6.82. The summed E-state index contributed by atoms with van der Waals surface area (Å²) in [5, 5.41) is 2.73. The molecular formula is C11H24N2O+. The number of carbonyl (C=O) groups is 1. The van der Waals surface area contributed by atoms with Gasteiger partial charge in [0.15, 0.2) is 0 Å². The molecule has 83 valence electrons. The Labute approximate surface area is 88.1 Å². The van der Waals surface area contributed by atoms with Crippen molar-refractivity contribution in [3.8, 4) is 0 Å². The molecule has 0 saturated heterocycles. The molecule has 0 aliphatic rings. The van der Waals surface area contributed by atoms with Gasteiger partial charge in [0.05, 0.1) is 26.2 Å². The van der Waals surface area contributed by atoms with E-state index >= 15 is 0 Å². The minimum atomic E-state index is -0.174. The van der Waals surface area contributed by atoms with Crippen LogP contribution in [0.15, 0.2) is 0 Å². The van der Waals surface area contributed by atoms with E-state index in [4.69, 9.17) is 0 Å². The van der Waals surface area contributed by atoms with Crippen molar-refractivity contribution in [3.05, 3.63) is 6.92 Å². The Morgan fingerprint density at radius 2 is 1.71 bits per heavy atom. The maximum absolute atomic E-state index is 10.5. The fraction of sp³-hybridized carbons (Fsp3) is 0.818. The molecule has 1 amide bonds. The number of hydrogen-bond donors (Lipinski definition) is 1. The van der Waals surface area contributed by atoms with Gasteiger partial charge in [-0.15, -0.1) is 0 Å². The molecule has 0 unspecified atom stereocenters. The van der Waals surface area contributed by atoms with Crippen molar-refractivity contribution in [1.82, 2.24) is 5.32 Å². The van der Waals surface area contributed by atoms with E-state index in [9.17, 15) is 4.79 Å². The highest BCUT2D eigenvalue weighted by molar-refractivity contribution is 5.79. The van der Waals surface area contributed by atoms with Gasteiger partial charge < -0.3 is 9.80 Å². The van der Waals surface area contributed by atoms with Gasteiger partial charge in [-0.25, -0.2) is 0 Å². The number of quaternary nitrogens is 1. The largest absolute Gasteiger partial charge is 0.356 e. The van der Waals surface area contributed by atoms with Crippen LogP contribution in [-0.4, -0.2) is 43.1 Å². The number of amides is 1. The van der Waals surface area contributed by atoms with E-state index in [2.05, 4.69) is 33.0 Å². The van der Waals surface area contributed by atoms with Crippen LogP contribution < -0.4 is 5.32 Å². The summed E-state index contributed by atoms with van der Waals surface area (Å²) in [5.74, 6) is -0.174. The van der Waals surface area contributed by atoms with Crippen LogP contribution in [-0.2, 0) is 4.79 Å². The Balaban J connectivity index is 3.77. The molecule has 0 bridgehead atoms. The predicted octanol–water partition coefficient (Wildman–Crippen LogP) is 1.20. The Bertz CT molecular complexity index is 156. The first-order valence-electron chi connectivity index (χ1n) is 5.55. The Morgan fingerprint density at radius 1 is 1.21 bits per heavy atom. The number of carbonyl (C=O) groups excluding carboxylic acids is 1. The fourth-order valence-corrected chi connectivity index (χ4v) is 1.79. The lowest BCUT2D eigenvalue weighted by Gasteiger charge is -2.35. The summed E-state index contributed by atoms with van der Waals surface area (Å²) in [5.41, 5.74) is 0. The second-order valence-corrected chi connectivity index (χ2v) is 3.72. The van der Waals surface area contributed by atoms with E-state index in [0.29, 0.717) is 0 Å². The third-order valence-corrected chi connectivity index (χ3v) is 3.14. The van der Waals surface area contributed by atoms with Gasteiger partial charge in [-0.3, -0.25) is 4.79 Å². The van der Waals surface area contributed by atoms with Crippen molar-refractivity contribution in [2.45, 2.75) is 27.2 Å². The van der Waals surface area contributed by atoms with Crippen LogP contribution in [0.4, 0.5) is 0 Å². The summed E-state index contributed by atoms with van der Waals surface area (Å²) in [6.07, 6.45) is 1.04. The predicted molar refractivity (Wildman–Crippen MR) is 59.7 cm³/mol. The molecule has 3 heteroatoms. The topological polar surface area (TPSA) is 29.1 Å². The molecule has 0 spiro atoms. The lowest BCUT2D eigenvalue weighted by molar-refractivity contribution is -0.923. The highest BCUT2D eigenvalue weighted by Gasteiger charge is 2.19. The van der Waals surface area contributed by atoms with Gasteiger partial charge in [-0.05, 0) is 20.8 Å². The first kappa shape index (κ1) is 13.4. The summed E-state index contributed by atoms with van der Waals surface area (Å²) in [6.45, 7) is 15.4. The average Bonchev–Trinajstić information content (AvgIpc) is 2.19. The summed E-state index contributed by atoms with van der Waals surface area (Å²) in [6, 6.07) is 0. The SMILES string of the molecule is [CH2]C(=O)NCCC[N+](CC)(CC)CC. The number of hydrogen-bond acceptors (Lipinski definition) is 1. The zero-order chi connectivity index (χ0) is 11.0. The van der Waals surface area contributed by atoms with E-state index in [-0.39, 0.29) is 5.91 Å². The molecule has 0 fully saturated rings. The first-order chi connectivity index (χ1) is 6.60. The third kappa shape index (κ3) is 4.61. The summed E-state index contributed by atoms with van der Waals surface area (Å²) in [4.78, 5) is 10.5. The van der Waals surface area contributed by atoms with Gasteiger partial charge in [-0.2, -0.15) is 0 Å². The van der Waals surface area contributed by atoms with Crippen LogP contribution in [0.5, 0.6) is 0 Å². The van der Waals surface area contributed by atoms with Gasteiger partial charge in [0.2, 0.25) is 5.91 Å². The minimum Gasteiger partial charge on any atom is -0.356 e. The minimum absolute atomic E-state index is 0.174. The molecule has 1 radical (unpaired) electrons. The van der Waals surface area contributed by atoms with Crippen molar-refractivity contribution in [3.63, 3.8) is 0 Å². The summed E-state index contributed by atoms with van der Waals surface area (Å²) in [7, 11) is 0. The molecule has 3 nitrogen and oxygen atoms in total. The standard InChI is InChI=1S/C11H23N2O/c1-5-13(6-2,7-3)10-8-9-12-11(4)14/h4-10H2,1-3H3/p+1. The smallest absolute Gasteiger partial charge is 0.220 e. The van der Waals surface area contributed by atoms with Crippen LogP contribution in [0, 0.1) is 6.92 Å². The zero-order valence-electron chi connectivity index (χ0n) is 9.81. The average molecular weight is 200 g/mol. The molecule has 0 aromatic heterocycles. The van der Waals surface area contributed by atoms with Crippen molar-refractivity contribution < 1.29 is 9.28 Å². The van der Waals surface area contributed by atoms with E-state index in [1.165, 1.54) is 19.6 Å². The molecule has 0 saturated carbocycles. The molecule has 0 aliphatic heterocycles. The molecule has 0 atom stereocenters. The van der Waals surface area contributed by atoms with Gasteiger partial charge in [0.1, 0.15) is 0 Å². The first-order valence-corrected chi connectivity index (χ1v) is 5.55. The monoisotopic (exact) mass is 200 g/mol. The lowest BCUT2D eigenvalue weighted by Crippen LogP contribution is -2.48. The lowest BCUT2D eigenvalue weighted by atomic mass is 10.3. The van der Waals surface area contributed by atoms with Crippen LogP contribution in [0.3, 0.4) is 0 Å². The number of nitrogens with zero attached hydrogens (tertiary/aromatic N) is 1. The Morgan fingerprint density at radius 3 is 2.07 bits per heavy atom. The Hall–Kier alpha value is -0.570. The van der Waals surface area contributed by atoms with E-state index in [0.717, 1.165) is 24.0 Å². The van der Waals surface area contributed by atoms with Crippen LogP contribution in [0.2, 0.25) is 0 Å². The summed E-state index contributed by atoms with van der Waals surface area (Å²) >= 11 is 0. The normalized spacial score (nSPS) is 11.4. The number of rotatable bonds is 7. The fourth-order valence-electron chi connectivity index (χ4n) is 1.79. The van der Waals surface area contributed by atoms with Gasteiger partial charge in [0.25, 0.3) is 0 Å². The maximum atomic E-state index is 10.5. The highest BCUT2D eigenvalue weighted by atomic mass is 16.1. The molecule has 0 aromatic carbocycles. The van der Waals surface area contributed by atoms with Crippen LogP contribution in [0.1, 0.15) is 27.2 Å². The van der Waals surface area contributed by atoms with Crippen molar-refractivity contribution in [2.24, 2.45) is 0 Å². The second-order valence-electron chi connectivity index (χ2n) is 3.72. The van der Waals surface area contributed by atoms with Gasteiger partial charge in [-0.1, -0.05) is 0 Å². The third-order valence-electron chi connectivity index (χ3n) is 3.14. The quantitative estimate of drug-likeness (QED) is 0.485. The Kier molecular flexibility index (Phi) is 6.54. The molecule has 0 aliphatic carbocycles. The molecule has 0 rings (SSSR count). The van der Waals surface area contributed by atoms with Crippen molar-refractivity contribution >= 4 is 5.91 Å². The summed E-state index contributed by atoms with van der Waals surface area (Å²) < 4.78 is 1.15. The zero-order valence-corrected chi connectivity index (χ0v) is 9.81. The molecule has 0 heterocycles. The number of nitrogens with one attached hydrogen (secondary N) is 1. The molecule has 1 N–H and O–H groups in total. The van der Waals surface area contributed by atoms with Gasteiger partial charge >= 0.3 is 0 Å². The molecule has 14 heavy (non-hydrogen) atoms. The molecule has 0 aromatic rings. The van der Waals surface area contributed by atoms with E-state index in [1.807, 2.05) is 0 Å². The molecular weight excluding hydrogens is 176 g/mol. The van der Waals surface area contributed by atoms with Crippen LogP contribution >= 0.6 is 0 Å².